The van der Waals surface area contributed by atoms with Crippen LogP contribution in [0.3, 0.4) is 0 Å². The summed E-state index contributed by atoms with van der Waals surface area (Å²) in [6, 6.07) is 12.2. The molecular formula is C15H12BrN3. The second-order valence-corrected chi connectivity index (χ2v) is 5.32. The Morgan fingerprint density at radius 2 is 1.89 bits per heavy atom. The molecular weight excluding hydrogens is 302 g/mol. The van der Waals surface area contributed by atoms with Crippen LogP contribution in [-0.2, 0) is 0 Å². The molecule has 1 heterocycles. The van der Waals surface area contributed by atoms with E-state index in [0.717, 1.165) is 15.7 Å². The zero-order chi connectivity index (χ0) is 14.0. The van der Waals surface area contributed by atoms with Gasteiger partial charge in [-0.3, -0.25) is 4.99 Å². The Balaban J connectivity index is 2.66. The normalized spacial score (nSPS) is 22.5. The van der Waals surface area contributed by atoms with Crippen LogP contribution >= 0.6 is 15.9 Å². The number of hydrogen-bond donors (Lipinski definition) is 0. The predicted octanol–water partition coefficient (Wildman–Crippen LogP) is 3.94. The minimum Gasteiger partial charge on any atom is -0.260 e. The number of aliphatic imine (C=N–C) groups is 1. The molecule has 0 aliphatic carbocycles. The first-order valence-corrected chi connectivity index (χ1v) is 6.69. The maximum absolute atomic E-state index is 9.41. The molecule has 0 aromatic heterocycles. The summed E-state index contributed by atoms with van der Waals surface area (Å²) in [5.74, 6) is -0.639. The van der Waals surface area contributed by atoms with Gasteiger partial charge in [-0.05, 0) is 25.5 Å². The molecule has 0 radical (unpaired) electrons. The highest BCUT2D eigenvalue weighted by Crippen LogP contribution is 2.40. The van der Waals surface area contributed by atoms with E-state index in [1.54, 1.807) is 0 Å². The summed E-state index contributed by atoms with van der Waals surface area (Å²) in [5, 5.41) is 18.8. The van der Waals surface area contributed by atoms with Crippen LogP contribution in [0.5, 0.6) is 0 Å². The minimum atomic E-state index is -0.392. The molecule has 2 atom stereocenters. The molecule has 1 unspecified atom stereocenters. The van der Waals surface area contributed by atoms with Crippen LogP contribution in [0.1, 0.15) is 25.3 Å². The van der Waals surface area contributed by atoms with Crippen molar-refractivity contribution in [3.05, 3.63) is 45.6 Å². The third-order valence-electron chi connectivity index (χ3n) is 3.33. The molecule has 0 fully saturated rings. The lowest BCUT2D eigenvalue weighted by atomic mass is 9.77. The van der Waals surface area contributed by atoms with Crippen LogP contribution in [0.2, 0.25) is 0 Å². The van der Waals surface area contributed by atoms with Crippen molar-refractivity contribution < 1.29 is 0 Å². The Hall–Kier alpha value is -1.91. The lowest BCUT2D eigenvalue weighted by Crippen LogP contribution is -2.25. The molecule has 1 aliphatic heterocycles. The van der Waals surface area contributed by atoms with Gasteiger partial charge in [-0.25, -0.2) is 0 Å². The Bertz CT molecular complexity index is 659. The molecule has 1 aromatic carbocycles. The summed E-state index contributed by atoms with van der Waals surface area (Å²) in [6.45, 7) is 3.66. The molecule has 0 N–H and O–H groups in total. The van der Waals surface area contributed by atoms with E-state index >= 15 is 0 Å². The Labute approximate surface area is 121 Å². The van der Waals surface area contributed by atoms with Crippen LogP contribution < -0.4 is 0 Å². The van der Waals surface area contributed by atoms with Crippen LogP contribution in [0, 0.1) is 28.6 Å². The van der Waals surface area contributed by atoms with Gasteiger partial charge in [0.1, 0.15) is 0 Å². The van der Waals surface area contributed by atoms with Gasteiger partial charge in [0, 0.05) is 16.1 Å². The van der Waals surface area contributed by atoms with Crippen LogP contribution in [0.25, 0.3) is 0 Å². The fourth-order valence-corrected chi connectivity index (χ4v) is 2.94. The topological polar surface area (TPSA) is 59.9 Å². The predicted molar refractivity (Wildman–Crippen MR) is 77.4 cm³/mol. The third-order valence-corrected chi connectivity index (χ3v) is 4.05. The molecule has 0 saturated heterocycles. The minimum absolute atomic E-state index is 0.247. The largest absolute Gasteiger partial charge is 0.260 e. The quantitative estimate of drug-likeness (QED) is 0.788. The monoisotopic (exact) mass is 313 g/mol. The van der Waals surface area contributed by atoms with Crippen molar-refractivity contribution in [2.75, 3.05) is 0 Å². The molecule has 0 amide bonds. The lowest BCUT2D eigenvalue weighted by molar-refractivity contribution is 0.701. The zero-order valence-electron chi connectivity index (χ0n) is 10.7. The first-order valence-electron chi connectivity index (χ1n) is 5.90. The summed E-state index contributed by atoms with van der Waals surface area (Å²) < 4.78 is 0.913. The van der Waals surface area contributed by atoms with E-state index in [0.29, 0.717) is 11.3 Å². The number of hydrogen-bond acceptors (Lipinski definition) is 3. The van der Waals surface area contributed by atoms with E-state index in [2.05, 4.69) is 33.1 Å². The SMILES string of the molecule is CC1=NC(C)=C(C#N)[C@@H](c2ccccc2Br)C1C#N. The van der Waals surface area contributed by atoms with Gasteiger partial charge in [-0.15, -0.1) is 0 Å². The second kappa shape index (κ2) is 5.38. The number of nitriles is 2. The standard InChI is InChI=1S/C15H12BrN3/c1-9-12(7-17)15(13(8-18)10(2)19-9)11-5-3-4-6-14(11)16/h3-6,12,15H,1-2H3/t12?,15-/m0/s1. The van der Waals surface area contributed by atoms with Gasteiger partial charge in [0.15, 0.2) is 0 Å². The Kier molecular flexibility index (Phi) is 3.83. The Morgan fingerprint density at radius 1 is 1.21 bits per heavy atom. The molecule has 0 saturated carbocycles. The molecule has 94 valence electrons. The summed E-state index contributed by atoms with van der Waals surface area (Å²) in [5.41, 5.74) is 3.00. The molecule has 3 nitrogen and oxygen atoms in total. The molecule has 1 aliphatic rings. The maximum Gasteiger partial charge on any atom is 0.0973 e. The van der Waals surface area contributed by atoms with E-state index in [-0.39, 0.29) is 5.92 Å². The summed E-state index contributed by atoms with van der Waals surface area (Å²) in [6.07, 6.45) is 0. The van der Waals surface area contributed by atoms with Gasteiger partial charge in [-0.2, -0.15) is 10.5 Å². The third kappa shape index (κ3) is 2.32. The van der Waals surface area contributed by atoms with E-state index < -0.39 is 5.92 Å². The Morgan fingerprint density at radius 3 is 2.47 bits per heavy atom. The van der Waals surface area contributed by atoms with Gasteiger partial charge in [0.2, 0.25) is 0 Å². The highest BCUT2D eigenvalue weighted by molar-refractivity contribution is 9.10. The van der Waals surface area contributed by atoms with Crippen molar-refractivity contribution in [2.24, 2.45) is 10.9 Å². The van der Waals surface area contributed by atoms with Crippen LogP contribution in [0.4, 0.5) is 0 Å². The lowest BCUT2D eigenvalue weighted by Gasteiger charge is -2.27. The number of benzene rings is 1. The highest BCUT2D eigenvalue weighted by atomic mass is 79.9. The second-order valence-electron chi connectivity index (χ2n) is 4.47. The van der Waals surface area contributed by atoms with Gasteiger partial charge in [-0.1, -0.05) is 34.1 Å². The summed E-state index contributed by atoms with van der Waals surface area (Å²) in [4.78, 5) is 4.33. The van der Waals surface area contributed by atoms with E-state index in [9.17, 15) is 10.5 Å². The molecule has 0 bridgehead atoms. The molecule has 2 rings (SSSR count). The molecule has 0 spiro atoms. The van der Waals surface area contributed by atoms with Crippen LogP contribution in [-0.4, -0.2) is 5.71 Å². The number of halogens is 1. The molecule has 19 heavy (non-hydrogen) atoms. The van der Waals surface area contributed by atoms with Crippen LogP contribution in [0.15, 0.2) is 45.0 Å². The van der Waals surface area contributed by atoms with Gasteiger partial charge >= 0.3 is 0 Å². The van der Waals surface area contributed by atoms with Crippen molar-refractivity contribution >= 4 is 21.6 Å². The first-order chi connectivity index (χ1) is 9.10. The summed E-state index contributed by atoms with van der Waals surface area (Å²) in [7, 11) is 0. The maximum atomic E-state index is 9.41. The number of allylic oxidation sites excluding steroid dienone is 2. The smallest absolute Gasteiger partial charge is 0.0973 e. The van der Waals surface area contributed by atoms with Crippen molar-refractivity contribution in [3.63, 3.8) is 0 Å². The van der Waals surface area contributed by atoms with Crippen molar-refractivity contribution in [1.82, 2.24) is 0 Å². The fraction of sp³-hybridized carbons (Fsp3) is 0.267. The van der Waals surface area contributed by atoms with Gasteiger partial charge < -0.3 is 0 Å². The average molecular weight is 314 g/mol. The first kappa shape index (κ1) is 13.5. The van der Waals surface area contributed by atoms with E-state index in [1.807, 2.05) is 38.1 Å². The average Bonchev–Trinajstić information content (AvgIpc) is 2.38. The van der Waals surface area contributed by atoms with Crippen molar-refractivity contribution in [2.45, 2.75) is 19.8 Å². The summed E-state index contributed by atoms with van der Waals surface area (Å²) >= 11 is 3.50. The number of nitrogens with zero attached hydrogens (tertiary/aromatic N) is 3. The highest BCUT2D eigenvalue weighted by Gasteiger charge is 2.34. The fourth-order valence-electron chi connectivity index (χ4n) is 2.41. The van der Waals surface area contributed by atoms with Crippen molar-refractivity contribution in [1.29, 1.82) is 10.5 Å². The number of rotatable bonds is 1. The molecule has 4 heteroatoms. The van der Waals surface area contributed by atoms with Gasteiger partial charge in [0.05, 0.1) is 29.3 Å². The molecule has 1 aromatic rings. The van der Waals surface area contributed by atoms with E-state index in [4.69, 9.17) is 0 Å². The zero-order valence-corrected chi connectivity index (χ0v) is 12.3. The van der Waals surface area contributed by atoms with Crippen molar-refractivity contribution in [3.8, 4) is 12.1 Å². The van der Waals surface area contributed by atoms with E-state index in [1.165, 1.54) is 0 Å². The van der Waals surface area contributed by atoms with Gasteiger partial charge in [0.25, 0.3) is 0 Å².